The molecule has 23 heavy (non-hydrogen) atoms. The monoisotopic (exact) mass is 424 g/mol. The van der Waals surface area contributed by atoms with E-state index in [4.69, 9.17) is 4.74 Å². The van der Waals surface area contributed by atoms with Gasteiger partial charge in [0, 0.05) is 39.3 Å². The lowest BCUT2D eigenvalue weighted by Crippen LogP contribution is -2.39. The van der Waals surface area contributed by atoms with Crippen molar-refractivity contribution in [3.8, 4) is 5.69 Å². The molecule has 1 aliphatic heterocycles. The third kappa shape index (κ3) is 3.67. The third-order valence-corrected chi connectivity index (χ3v) is 5.01. The SMILES string of the molecule is Cc1cc(C(=O)CN2CCOCC2)c(C)n1-c1ccc(I)cc1. The van der Waals surface area contributed by atoms with Crippen molar-refractivity contribution in [2.75, 3.05) is 32.8 Å². The summed E-state index contributed by atoms with van der Waals surface area (Å²) >= 11 is 2.30. The first kappa shape index (κ1) is 16.7. The molecule has 0 bridgehead atoms. The zero-order valence-electron chi connectivity index (χ0n) is 13.5. The molecule has 5 heteroatoms. The van der Waals surface area contributed by atoms with Crippen LogP contribution in [0.4, 0.5) is 0 Å². The van der Waals surface area contributed by atoms with E-state index in [2.05, 4.69) is 63.2 Å². The van der Waals surface area contributed by atoms with Crippen LogP contribution in [0.25, 0.3) is 5.69 Å². The number of aromatic nitrogens is 1. The van der Waals surface area contributed by atoms with Crippen molar-refractivity contribution in [3.05, 3.63) is 50.9 Å². The molecule has 2 aromatic rings. The van der Waals surface area contributed by atoms with Gasteiger partial charge in [-0.2, -0.15) is 0 Å². The molecule has 1 fully saturated rings. The topological polar surface area (TPSA) is 34.5 Å². The summed E-state index contributed by atoms with van der Waals surface area (Å²) in [6.45, 7) is 7.65. The smallest absolute Gasteiger partial charge is 0.178 e. The fourth-order valence-electron chi connectivity index (χ4n) is 3.08. The van der Waals surface area contributed by atoms with Crippen molar-refractivity contribution in [1.82, 2.24) is 9.47 Å². The van der Waals surface area contributed by atoms with E-state index in [1.807, 2.05) is 13.0 Å². The fraction of sp³-hybridized carbons (Fsp3) is 0.389. The molecule has 1 saturated heterocycles. The molecule has 1 aromatic heterocycles. The lowest BCUT2D eigenvalue weighted by Gasteiger charge is -2.25. The number of rotatable bonds is 4. The summed E-state index contributed by atoms with van der Waals surface area (Å²) in [5.41, 5.74) is 4.04. The standard InChI is InChI=1S/C18H21IN2O2/c1-13-11-17(18(22)12-20-7-9-23-10-8-20)14(2)21(13)16-5-3-15(19)4-6-16/h3-6,11H,7-10,12H2,1-2H3. The van der Waals surface area contributed by atoms with E-state index < -0.39 is 0 Å². The maximum atomic E-state index is 12.7. The van der Waals surface area contributed by atoms with Gasteiger partial charge in [0.1, 0.15) is 0 Å². The van der Waals surface area contributed by atoms with Gasteiger partial charge in [0.25, 0.3) is 0 Å². The summed E-state index contributed by atoms with van der Waals surface area (Å²) in [7, 11) is 0. The van der Waals surface area contributed by atoms with E-state index in [9.17, 15) is 4.79 Å². The van der Waals surface area contributed by atoms with E-state index >= 15 is 0 Å². The summed E-state index contributed by atoms with van der Waals surface area (Å²) in [6.07, 6.45) is 0. The van der Waals surface area contributed by atoms with Crippen LogP contribution in [0, 0.1) is 17.4 Å². The predicted octanol–water partition coefficient (Wildman–Crippen LogP) is 3.21. The molecule has 4 nitrogen and oxygen atoms in total. The summed E-state index contributed by atoms with van der Waals surface area (Å²) in [5.74, 6) is 0.191. The lowest BCUT2D eigenvalue weighted by atomic mass is 10.1. The highest BCUT2D eigenvalue weighted by Gasteiger charge is 2.20. The van der Waals surface area contributed by atoms with Gasteiger partial charge in [-0.3, -0.25) is 9.69 Å². The van der Waals surface area contributed by atoms with E-state index in [0.29, 0.717) is 6.54 Å². The molecule has 0 atom stereocenters. The van der Waals surface area contributed by atoms with Crippen molar-refractivity contribution in [1.29, 1.82) is 0 Å². The Kier molecular flexibility index (Phi) is 5.18. The van der Waals surface area contributed by atoms with Crippen molar-refractivity contribution < 1.29 is 9.53 Å². The van der Waals surface area contributed by atoms with Crippen LogP contribution in [0.3, 0.4) is 0 Å². The quantitative estimate of drug-likeness (QED) is 0.559. The summed E-state index contributed by atoms with van der Waals surface area (Å²) in [4.78, 5) is 14.9. The Balaban J connectivity index is 1.85. The van der Waals surface area contributed by atoms with E-state index in [-0.39, 0.29) is 5.78 Å². The van der Waals surface area contributed by atoms with Crippen LogP contribution >= 0.6 is 22.6 Å². The van der Waals surface area contributed by atoms with Crippen molar-refractivity contribution >= 4 is 28.4 Å². The number of Topliss-reactive ketones (excluding diaryl/α,β-unsaturated/α-hetero) is 1. The second-order valence-electron chi connectivity index (χ2n) is 5.91. The minimum atomic E-state index is 0.191. The molecule has 0 spiro atoms. The second kappa shape index (κ2) is 7.15. The lowest BCUT2D eigenvalue weighted by molar-refractivity contribution is 0.0371. The summed E-state index contributed by atoms with van der Waals surface area (Å²) < 4.78 is 8.71. The molecule has 0 aliphatic carbocycles. The minimum absolute atomic E-state index is 0.191. The average molecular weight is 424 g/mol. The van der Waals surface area contributed by atoms with E-state index in [1.54, 1.807) is 0 Å². The van der Waals surface area contributed by atoms with Crippen LogP contribution < -0.4 is 0 Å². The van der Waals surface area contributed by atoms with Crippen LogP contribution in [0.5, 0.6) is 0 Å². The summed E-state index contributed by atoms with van der Waals surface area (Å²) in [5, 5.41) is 0. The number of halogens is 1. The van der Waals surface area contributed by atoms with Gasteiger partial charge in [-0.05, 0) is 66.8 Å². The fourth-order valence-corrected chi connectivity index (χ4v) is 3.44. The number of morpholine rings is 1. The van der Waals surface area contributed by atoms with Gasteiger partial charge >= 0.3 is 0 Å². The number of ketones is 1. The highest BCUT2D eigenvalue weighted by Crippen LogP contribution is 2.22. The number of benzene rings is 1. The third-order valence-electron chi connectivity index (χ3n) is 4.29. The minimum Gasteiger partial charge on any atom is -0.379 e. The average Bonchev–Trinajstić information content (AvgIpc) is 2.84. The number of nitrogens with zero attached hydrogens (tertiary/aromatic N) is 2. The Morgan fingerprint density at radius 3 is 2.48 bits per heavy atom. The number of carbonyl (C=O) groups is 1. The highest BCUT2D eigenvalue weighted by atomic mass is 127. The van der Waals surface area contributed by atoms with Crippen LogP contribution in [-0.4, -0.2) is 48.1 Å². The van der Waals surface area contributed by atoms with Crippen LogP contribution in [0.1, 0.15) is 21.7 Å². The van der Waals surface area contributed by atoms with Gasteiger partial charge in [-0.1, -0.05) is 0 Å². The predicted molar refractivity (Wildman–Crippen MR) is 99.5 cm³/mol. The molecule has 0 N–H and O–H groups in total. The molecule has 3 rings (SSSR count). The van der Waals surface area contributed by atoms with Crippen molar-refractivity contribution in [2.45, 2.75) is 13.8 Å². The number of hydrogen-bond donors (Lipinski definition) is 0. The maximum absolute atomic E-state index is 12.7. The second-order valence-corrected chi connectivity index (χ2v) is 7.15. The molecule has 1 aromatic carbocycles. The molecule has 0 unspecified atom stereocenters. The Morgan fingerprint density at radius 1 is 1.17 bits per heavy atom. The molecule has 0 saturated carbocycles. The molecule has 122 valence electrons. The van der Waals surface area contributed by atoms with Crippen LogP contribution in [0.15, 0.2) is 30.3 Å². The van der Waals surface area contributed by atoms with E-state index in [1.165, 1.54) is 3.57 Å². The first-order chi connectivity index (χ1) is 11.1. The number of hydrogen-bond acceptors (Lipinski definition) is 3. The highest BCUT2D eigenvalue weighted by molar-refractivity contribution is 14.1. The largest absolute Gasteiger partial charge is 0.379 e. The van der Waals surface area contributed by atoms with Gasteiger partial charge in [-0.25, -0.2) is 0 Å². The first-order valence-corrected chi connectivity index (χ1v) is 8.92. The summed E-state index contributed by atoms with van der Waals surface area (Å²) in [6, 6.07) is 10.4. The van der Waals surface area contributed by atoms with Crippen molar-refractivity contribution in [3.63, 3.8) is 0 Å². The first-order valence-electron chi connectivity index (χ1n) is 7.84. The van der Waals surface area contributed by atoms with Gasteiger partial charge in [0.2, 0.25) is 0 Å². The molecular weight excluding hydrogens is 403 g/mol. The Hall–Kier alpha value is -1.18. The molecule has 0 radical (unpaired) electrons. The van der Waals surface area contributed by atoms with E-state index in [0.717, 1.165) is 48.9 Å². The Morgan fingerprint density at radius 2 is 1.83 bits per heavy atom. The number of aryl methyl sites for hydroxylation is 1. The van der Waals surface area contributed by atoms with Crippen molar-refractivity contribution in [2.24, 2.45) is 0 Å². The number of ether oxygens (including phenoxy) is 1. The van der Waals surface area contributed by atoms with Crippen LogP contribution in [0.2, 0.25) is 0 Å². The number of carbonyl (C=O) groups excluding carboxylic acids is 1. The molecule has 2 heterocycles. The Labute approximate surface area is 150 Å². The van der Waals surface area contributed by atoms with Gasteiger partial charge in [0.15, 0.2) is 5.78 Å². The molecule has 1 aliphatic rings. The zero-order chi connectivity index (χ0) is 16.4. The molecular formula is C18H21IN2O2. The molecule has 0 amide bonds. The van der Waals surface area contributed by atoms with Gasteiger partial charge in [0.05, 0.1) is 19.8 Å². The van der Waals surface area contributed by atoms with Gasteiger partial charge in [-0.15, -0.1) is 0 Å². The maximum Gasteiger partial charge on any atom is 0.178 e. The zero-order valence-corrected chi connectivity index (χ0v) is 15.7. The van der Waals surface area contributed by atoms with Gasteiger partial charge < -0.3 is 9.30 Å². The normalized spacial score (nSPS) is 15.8. The van der Waals surface area contributed by atoms with Crippen LogP contribution in [-0.2, 0) is 4.74 Å². The Bertz CT molecular complexity index is 701.